The molecule has 0 saturated carbocycles. The maximum absolute atomic E-state index is 12.9. The minimum Gasteiger partial charge on any atom is -0.459 e. The molecule has 3 aromatic heterocycles. The van der Waals surface area contributed by atoms with Crippen molar-refractivity contribution in [1.82, 2.24) is 15.2 Å². The average molecular weight is 338 g/mol. The molecule has 0 amide bonds. The molecule has 3 aromatic rings. The molecule has 0 bridgehead atoms. The Bertz CT molecular complexity index is 812. The van der Waals surface area contributed by atoms with Gasteiger partial charge in [0.05, 0.1) is 11.8 Å². The number of nitrogens with zero attached hydrogens (tertiary/aromatic N) is 3. The molecule has 0 fully saturated rings. The summed E-state index contributed by atoms with van der Waals surface area (Å²) in [6, 6.07) is 5.43. The van der Waals surface area contributed by atoms with Gasteiger partial charge in [-0.3, -0.25) is 0 Å². The highest BCUT2D eigenvalue weighted by Crippen LogP contribution is 2.33. The lowest BCUT2D eigenvalue weighted by atomic mass is 10.2. The number of anilines is 1. The lowest BCUT2D eigenvalue weighted by molar-refractivity contribution is -0.141. The molecule has 0 atom stereocenters. The molecule has 0 spiro atoms. The first kappa shape index (κ1) is 16.0. The van der Waals surface area contributed by atoms with E-state index in [4.69, 9.17) is 8.83 Å². The molecule has 1 N–H and O–H groups in total. The van der Waals surface area contributed by atoms with Gasteiger partial charge in [-0.2, -0.15) is 13.2 Å². The zero-order chi connectivity index (χ0) is 17.2. The van der Waals surface area contributed by atoms with E-state index in [0.717, 1.165) is 12.5 Å². The van der Waals surface area contributed by atoms with Gasteiger partial charge in [0.1, 0.15) is 11.5 Å². The number of alkyl halides is 3. The van der Waals surface area contributed by atoms with Gasteiger partial charge in [0.15, 0.2) is 5.76 Å². The minimum atomic E-state index is -4.53. The van der Waals surface area contributed by atoms with Gasteiger partial charge in [0.25, 0.3) is 11.8 Å². The van der Waals surface area contributed by atoms with Crippen LogP contribution < -0.4 is 5.32 Å². The molecule has 126 valence electrons. The quantitative estimate of drug-likeness (QED) is 0.750. The highest BCUT2D eigenvalue weighted by molar-refractivity contribution is 5.69. The van der Waals surface area contributed by atoms with Crippen molar-refractivity contribution in [3.05, 3.63) is 36.2 Å². The second-order valence-corrected chi connectivity index (χ2v) is 4.91. The number of furan rings is 1. The molecule has 0 aliphatic heterocycles. The van der Waals surface area contributed by atoms with E-state index in [9.17, 15) is 13.2 Å². The van der Waals surface area contributed by atoms with Crippen molar-refractivity contribution in [1.29, 1.82) is 0 Å². The third-order valence-corrected chi connectivity index (χ3v) is 3.12. The first-order valence-corrected chi connectivity index (χ1v) is 7.19. The maximum atomic E-state index is 12.9. The topological polar surface area (TPSA) is 77.0 Å². The number of nitrogens with one attached hydrogen (secondary N) is 1. The molecule has 9 heteroatoms. The fraction of sp³-hybridized carbons (Fsp3) is 0.267. The molecule has 0 aliphatic rings. The second kappa shape index (κ2) is 6.34. The molecule has 0 saturated heterocycles. The summed E-state index contributed by atoms with van der Waals surface area (Å²) in [6.45, 7) is 2.35. The molecule has 0 unspecified atom stereocenters. The highest BCUT2D eigenvalue weighted by Gasteiger charge is 2.33. The Kier molecular flexibility index (Phi) is 4.24. The third-order valence-electron chi connectivity index (χ3n) is 3.12. The van der Waals surface area contributed by atoms with Crippen LogP contribution in [0.3, 0.4) is 0 Å². The van der Waals surface area contributed by atoms with Crippen LogP contribution in [-0.2, 0) is 6.18 Å². The van der Waals surface area contributed by atoms with Crippen LogP contribution in [-0.4, -0.2) is 21.7 Å². The summed E-state index contributed by atoms with van der Waals surface area (Å²) < 4.78 is 49.2. The summed E-state index contributed by atoms with van der Waals surface area (Å²) in [6.07, 6.45) is -2.36. The Morgan fingerprint density at radius 1 is 1.12 bits per heavy atom. The SMILES string of the molecule is CCCNc1nc(C(F)(F)F)ccc1-c1nnc(-c2ccco2)o1. The van der Waals surface area contributed by atoms with Crippen LogP contribution in [0.15, 0.2) is 39.4 Å². The van der Waals surface area contributed by atoms with Gasteiger partial charge in [-0.05, 0) is 30.7 Å². The average Bonchev–Trinajstić information content (AvgIpc) is 3.22. The van der Waals surface area contributed by atoms with E-state index < -0.39 is 11.9 Å². The van der Waals surface area contributed by atoms with Gasteiger partial charge >= 0.3 is 6.18 Å². The van der Waals surface area contributed by atoms with E-state index in [2.05, 4.69) is 20.5 Å². The Hall–Kier alpha value is -2.84. The third kappa shape index (κ3) is 3.24. The fourth-order valence-corrected chi connectivity index (χ4v) is 2.00. The Morgan fingerprint density at radius 3 is 2.58 bits per heavy atom. The lowest BCUT2D eigenvalue weighted by Gasteiger charge is -2.11. The van der Waals surface area contributed by atoms with E-state index in [1.807, 2.05) is 6.92 Å². The van der Waals surface area contributed by atoms with Crippen LogP contribution in [0.2, 0.25) is 0 Å². The number of aromatic nitrogens is 3. The lowest BCUT2D eigenvalue weighted by Crippen LogP contribution is -2.11. The predicted molar refractivity (Wildman–Crippen MR) is 79.0 cm³/mol. The zero-order valence-electron chi connectivity index (χ0n) is 12.6. The Balaban J connectivity index is 2.00. The van der Waals surface area contributed by atoms with E-state index in [-0.39, 0.29) is 17.6 Å². The maximum Gasteiger partial charge on any atom is 0.433 e. The summed E-state index contributed by atoms with van der Waals surface area (Å²) in [5, 5.41) is 10.6. The second-order valence-electron chi connectivity index (χ2n) is 4.91. The van der Waals surface area contributed by atoms with Gasteiger partial charge in [-0.25, -0.2) is 4.98 Å². The Morgan fingerprint density at radius 2 is 1.92 bits per heavy atom. The van der Waals surface area contributed by atoms with Crippen LogP contribution in [0.25, 0.3) is 23.1 Å². The monoisotopic (exact) mass is 338 g/mol. The van der Waals surface area contributed by atoms with Crippen molar-refractivity contribution >= 4 is 5.82 Å². The van der Waals surface area contributed by atoms with Crippen LogP contribution in [0.1, 0.15) is 19.0 Å². The van der Waals surface area contributed by atoms with E-state index in [1.54, 1.807) is 12.1 Å². The molecule has 3 heterocycles. The van der Waals surface area contributed by atoms with E-state index in [1.165, 1.54) is 12.3 Å². The largest absolute Gasteiger partial charge is 0.459 e. The van der Waals surface area contributed by atoms with Crippen molar-refractivity contribution in [2.75, 3.05) is 11.9 Å². The number of pyridine rings is 1. The van der Waals surface area contributed by atoms with Crippen LogP contribution in [0.4, 0.5) is 19.0 Å². The number of rotatable bonds is 5. The highest BCUT2D eigenvalue weighted by atomic mass is 19.4. The minimum absolute atomic E-state index is 0.0429. The molecular formula is C15H13F3N4O2. The van der Waals surface area contributed by atoms with Crippen molar-refractivity contribution < 1.29 is 22.0 Å². The fourth-order valence-electron chi connectivity index (χ4n) is 2.00. The molecule has 3 rings (SSSR count). The summed E-state index contributed by atoms with van der Waals surface area (Å²) in [7, 11) is 0. The molecule has 24 heavy (non-hydrogen) atoms. The molecule has 0 radical (unpaired) electrons. The smallest absolute Gasteiger partial charge is 0.433 e. The number of halogens is 3. The summed E-state index contributed by atoms with van der Waals surface area (Å²) in [4.78, 5) is 3.64. The van der Waals surface area contributed by atoms with Crippen LogP contribution >= 0.6 is 0 Å². The molecule has 6 nitrogen and oxygen atoms in total. The molecule has 0 aliphatic carbocycles. The number of hydrogen-bond acceptors (Lipinski definition) is 6. The first-order chi connectivity index (χ1) is 11.5. The van der Waals surface area contributed by atoms with Gasteiger partial charge in [0, 0.05) is 6.54 Å². The van der Waals surface area contributed by atoms with Crippen LogP contribution in [0.5, 0.6) is 0 Å². The normalized spacial score (nSPS) is 11.7. The molecular weight excluding hydrogens is 325 g/mol. The van der Waals surface area contributed by atoms with Crippen molar-refractivity contribution in [2.24, 2.45) is 0 Å². The summed E-state index contributed by atoms with van der Waals surface area (Å²) in [5.74, 6) is 0.607. The van der Waals surface area contributed by atoms with Crippen molar-refractivity contribution in [2.45, 2.75) is 19.5 Å². The summed E-state index contributed by atoms with van der Waals surface area (Å²) >= 11 is 0. The van der Waals surface area contributed by atoms with E-state index in [0.29, 0.717) is 17.9 Å². The predicted octanol–water partition coefficient (Wildman–Crippen LogP) is 4.23. The zero-order valence-corrected chi connectivity index (χ0v) is 12.6. The first-order valence-electron chi connectivity index (χ1n) is 7.19. The summed E-state index contributed by atoms with van der Waals surface area (Å²) in [5.41, 5.74) is -0.697. The standard InChI is InChI=1S/C15H13F3N4O2/c1-2-7-19-12-9(5-6-11(20-12)15(16,17)18)13-21-22-14(24-13)10-4-3-8-23-10/h3-6,8H,2,7H2,1H3,(H,19,20). The number of hydrogen-bond donors (Lipinski definition) is 1. The van der Waals surface area contributed by atoms with Crippen LogP contribution in [0, 0.1) is 0 Å². The van der Waals surface area contributed by atoms with Gasteiger partial charge in [-0.15, -0.1) is 10.2 Å². The van der Waals surface area contributed by atoms with Crippen molar-refractivity contribution in [3.8, 4) is 23.1 Å². The van der Waals surface area contributed by atoms with Gasteiger partial charge in [0.2, 0.25) is 0 Å². The van der Waals surface area contributed by atoms with E-state index >= 15 is 0 Å². The van der Waals surface area contributed by atoms with Gasteiger partial charge in [-0.1, -0.05) is 6.92 Å². The van der Waals surface area contributed by atoms with Gasteiger partial charge < -0.3 is 14.2 Å². The van der Waals surface area contributed by atoms with Crippen molar-refractivity contribution in [3.63, 3.8) is 0 Å². The Labute approximate surface area is 134 Å². The molecule has 0 aromatic carbocycles.